The monoisotopic (exact) mass is 358 g/mol. The van der Waals surface area contributed by atoms with Gasteiger partial charge in [-0.1, -0.05) is 6.58 Å². The number of nitrogens with two attached hydrogens (primary N) is 1. The van der Waals surface area contributed by atoms with Gasteiger partial charge >= 0.3 is 0 Å². The van der Waals surface area contributed by atoms with E-state index in [0.29, 0.717) is 29.7 Å². The van der Waals surface area contributed by atoms with Crippen LogP contribution in [-0.4, -0.2) is 35.9 Å². The molecule has 0 radical (unpaired) electrons. The van der Waals surface area contributed by atoms with Crippen molar-refractivity contribution in [1.29, 1.82) is 0 Å². The fourth-order valence-corrected chi connectivity index (χ4v) is 3.67. The second-order valence-corrected chi connectivity index (χ2v) is 6.74. The molecular weight excluding hydrogens is 335 g/mol. The number of benzene rings is 1. The number of aromatic amines is 1. The number of rotatable bonds is 4. The molecule has 1 saturated heterocycles. The lowest BCUT2D eigenvalue weighted by molar-refractivity contribution is -0.117. The van der Waals surface area contributed by atoms with Crippen molar-refractivity contribution >= 4 is 28.4 Å². The molecule has 138 valence electrons. The molecule has 7 heteroatoms. The second kappa shape index (κ2) is 6.82. The first kappa shape index (κ1) is 18.0. The summed E-state index contributed by atoms with van der Waals surface area (Å²) in [6.07, 6.45) is 2.88. The molecule has 1 aromatic heterocycles. The van der Waals surface area contributed by atoms with Crippen LogP contribution in [0.4, 0.5) is 10.1 Å². The van der Waals surface area contributed by atoms with Crippen molar-refractivity contribution in [2.24, 2.45) is 5.73 Å². The maximum Gasteiger partial charge on any atom is 0.250 e. The minimum atomic E-state index is -0.670. The lowest BCUT2D eigenvalue weighted by Gasteiger charge is -2.35. The molecule has 1 unspecified atom stereocenters. The van der Waals surface area contributed by atoms with E-state index in [4.69, 9.17) is 5.73 Å². The number of nitrogens with zero attached hydrogens (tertiary/aromatic N) is 1. The van der Waals surface area contributed by atoms with Gasteiger partial charge in [-0.05, 0) is 44.4 Å². The molecule has 1 aliphatic heterocycles. The van der Waals surface area contributed by atoms with Gasteiger partial charge in [-0.25, -0.2) is 4.39 Å². The van der Waals surface area contributed by atoms with Gasteiger partial charge in [0.2, 0.25) is 5.91 Å². The quantitative estimate of drug-likeness (QED) is 0.733. The smallest absolute Gasteiger partial charge is 0.250 e. The summed E-state index contributed by atoms with van der Waals surface area (Å²) in [5.41, 5.74) is 8.33. The molecule has 1 aliphatic rings. The number of primary amides is 1. The predicted molar refractivity (Wildman–Crippen MR) is 99.8 cm³/mol. The van der Waals surface area contributed by atoms with E-state index in [9.17, 15) is 9.59 Å². The molecule has 0 saturated carbocycles. The summed E-state index contributed by atoms with van der Waals surface area (Å²) in [7, 11) is 0. The third kappa shape index (κ3) is 3.05. The van der Waals surface area contributed by atoms with Crippen molar-refractivity contribution in [2.75, 3.05) is 18.0 Å². The number of hydrogen-bond acceptors (Lipinski definition) is 3. The number of halogens is 1. The summed E-state index contributed by atoms with van der Waals surface area (Å²) in [5, 5.41) is 3.56. The first-order chi connectivity index (χ1) is 12.3. The van der Waals surface area contributed by atoms with E-state index >= 15 is 4.39 Å². The third-order valence-electron chi connectivity index (χ3n) is 5.04. The molecule has 26 heavy (non-hydrogen) atoms. The number of carbonyl (C=O) groups excluding carboxylic acids is 2. The van der Waals surface area contributed by atoms with Crippen molar-refractivity contribution in [3.05, 3.63) is 41.4 Å². The Labute approximate surface area is 151 Å². The minimum absolute atomic E-state index is 0.0835. The zero-order valence-electron chi connectivity index (χ0n) is 15.0. The number of H-pyrrole nitrogens is 1. The first-order valence-corrected chi connectivity index (χ1v) is 8.62. The van der Waals surface area contributed by atoms with Crippen molar-refractivity contribution < 1.29 is 14.0 Å². The highest BCUT2D eigenvalue weighted by Gasteiger charge is 2.27. The van der Waals surface area contributed by atoms with Crippen molar-refractivity contribution in [3.8, 4) is 0 Å². The van der Waals surface area contributed by atoms with E-state index in [1.165, 1.54) is 12.1 Å². The number of anilines is 1. The van der Waals surface area contributed by atoms with Crippen LogP contribution < -0.4 is 16.0 Å². The average molecular weight is 358 g/mol. The highest BCUT2D eigenvalue weighted by Crippen LogP contribution is 2.37. The molecule has 0 bridgehead atoms. The first-order valence-electron chi connectivity index (χ1n) is 8.62. The van der Waals surface area contributed by atoms with Gasteiger partial charge in [0.05, 0.1) is 16.8 Å². The molecule has 1 atom stereocenters. The Balaban J connectivity index is 2.08. The lowest BCUT2D eigenvalue weighted by atomic mass is 10.0. The number of hydrogen-bond donors (Lipinski definition) is 3. The highest BCUT2D eigenvalue weighted by atomic mass is 19.1. The van der Waals surface area contributed by atoms with Gasteiger partial charge in [-0.3, -0.25) is 9.59 Å². The number of piperidine rings is 1. The second-order valence-electron chi connectivity index (χ2n) is 6.74. The Kier molecular flexibility index (Phi) is 4.71. The number of carbonyl (C=O) groups is 2. The van der Waals surface area contributed by atoms with Crippen LogP contribution in [-0.2, 0) is 4.79 Å². The molecule has 3 rings (SSSR count). The zero-order chi connectivity index (χ0) is 19.0. The van der Waals surface area contributed by atoms with Gasteiger partial charge in [0.15, 0.2) is 0 Å². The summed E-state index contributed by atoms with van der Waals surface area (Å²) in [5.74, 6) is -1.39. The van der Waals surface area contributed by atoms with Crippen LogP contribution in [0.3, 0.4) is 0 Å². The molecule has 0 spiro atoms. The molecule has 6 nitrogen and oxygen atoms in total. The van der Waals surface area contributed by atoms with Gasteiger partial charge in [-0.15, -0.1) is 0 Å². The van der Waals surface area contributed by atoms with Crippen molar-refractivity contribution in [2.45, 2.75) is 32.7 Å². The highest BCUT2D eigenvalue weighted by molar-refractivity contribution is 6.10. The van der Waals surface area contributed by atoms with E-state index in [2.05, 4.69) is 16.9 Å². The number of aromatic nitrogens is 1. The topological polar surface area (TPSA) is 91.2 Å². The fraction of sp³-hybridized carbons (Fsp3) is 0.368. The van der Waals surface area contributed by atoms with E-state index in [0.717, 1.165) is 24.1 Å². The summed E-state index contributed by atoms with van der Waals surface area (Å²) >= 11 is 0. The Hall–Kier alpha value is -2.83. The van der Waals surface area contributed by atoms with E-state index in [1.807, 2.05) is 18.7 Å². The number of fused-ring (bicyclic) bond motifs is 1. The van der Waals surface area contributed by atoms with E-state index < -0.39 is 11.7 Å². The van der Waals surface area contributed by atoms with Crippen LogP contribution in [0.1, 0.15) is 34.5 Å². The van der Waals surface area contributed by atoms with Crippen LogP contribution in [0.15, 0.2) is 18.7 Å². The molecule has 1 aromatic carbocycles. The number of nitrogens with one attached hydrogen (secondary N) is 2. The molecule has 4 N–H and O–H groups in total. The van der Waals surface area contributed by atoms with Crippen LogP contribution in [0.2, 0.25) is 0 Å². The van der Waals surface area contributed by atoms with Crippen LogP contribution in [0, 0.1) is 19.7 Å². The fourth-order valence-electron chi connectivity index (χ4n) is 3.67. The Morgan fingerprint density at radius 2 is 2.19 bits per heavy atom. The number of aryl methyl sites for hydroxylation is 2. The van der Waals surface area contributed by atoms with E-state index in [1.54, 1.807) is 0 Å². The van der Waals surface area contributed by atoms with Crippen LogP contribution in [0.5, 0.6) is 0 Å². The minimum Gasteiger partial charge on any atom is -0.367 e. The van der Waals surface area contributed by atoms with Gasteiger partial charge < -0.3 is 20.9 Å². The van der Waals surface area contributed by atoms with Crippen molar-refractivity contribution in [1.82, 2.24) is 10.3 Å². The Morgan fingerprint density at radius 1 is 1.46 bits per heavy atom. The maximum atomic E-state index is 15.0. The summed E-state index contributed by atoms with van der Waals surface area (Å²) in [6.45, 7) is 8.40. The summed E-state index contributed by atoms with van der Waals surface area (Å²) in [4.78, 5) is 28.4. The molecule has 1 fully saturated rings. The Morgan fingerprint density at radius 3 is 2.85 bits per heavy atom. The molecule has 2 amide bonds. The molecule has 2 aromatic rings. The van der Waals surface area contributed by atoms with Gasteiger partial charge in [0.25, 0.3) is 5.91 Å². The largest absolute Gasteiger partial charge is 0.367 e. The van der Waals surface area contributed by atoms with Crippen LogP contribution in [0.25, 0.3) is 10.9 Å². The summed E-state index contributed by atoms with van der Waals surface area (Å²) < 4.78 is 15.0. The van der Waals surface area contributed by atoms with Crippen molar-refractivity contribution in [3.63, 3.8) is 0 Å². The molecular formula is C19H23FN4O2. The lowest BCUT2D eigenvalue weighted by Crippen LogP contribution is -2.47. The number of amides is 2. The zero-order valence-corrected chi connectivity index (χ0v) is 15.0. The predicted octanol–water partition coefficient (Wildman–Crippen LogP) is 2.29. The normalized spacial score (nSPS) is 17.3. The van der Waals surface area contributed by atoms with Crippen LogP contribution >= 0.6 is 0 Å². The Bertz CT molecular complexity index is 903. The SMILES string of the molecule is C=CC(=O)NC1CCCN(c2c(F)cc(C(N)=O)c3[nH]c(C)c(C)c23)C1. The molecule has 0 aliphatic carbocycles. The van der Waals surface area contributed by atoms with Gasteiger partial charge in [0.1, 0.15) is 5.82 Å². The maximum absolute atomic E-state index is 15.0. The van der Waals surface area contributed by atoms with Gasteiger partial charge in [0, 0.05) is 30.2 Å². The van der Waals surface area contributed by atoms with E-state index in [-0.39, 0.29) is 17.5 Å². The molecule has 2 heterocycles. The van der Waals surface area contributed by atoms with Gasteiger partial charge in [-0.2, -0.15) is 0 Å². The average Bonchev–Trinajstić information content (AvgIpc) is 2.89. The standard InChI is InChI=1S/C19H23FN4O2/c1-4-15(25)23-12-6-5-7-24(9-12)18-14(20)8-13(19(21)26)17-16(18)10(2)11(3)22-17/h4,8,12,22H,1,5-7,9H2,2-3H3,(H2,21,26)(H,23,25). The third-order valence-corrected chi connectivity index (χ3v) is 5.04. The summed E-state index contributed by atoms with van der Waals surface area (Å²) in [6, 6.07) is 1.11.